The third-order valence-electron chi connectivity index (χ3n) is 2.42. The number of aromatic nitrogens is 1. The lowest BCUT2D eigenvalue weighted by molar-refractivity contribution is -0.109. The first-order chi connectivity index (χ1) is 8.95. The van der Waals surface area contributed by atoms with E-state index in [1.807, 2.05) is 0 Å². The highest BCUT2D eigenvalue weighted by Crippen LogP contribution is 2.20. The predicted octanol–water partition coefficient (Wildman–Crippen LogP) is 1.10. The molecule has 2 atom stereocenters. The molecule has 0 saturated heterocycles. The van der Waals surface area contributed by atoms with Crippen molar-refractivity contribution >= 4 is 23.2 Å². The summed E-state index contributed by atoms with van der Waals surface area (Å²) in [5, 5.41) is 19.5. The van der Waals surface area contributed by atoms with Crippen LogP contribution in [0.1, 0.15) is 35.5 Å². The Morgan fingerprint density at radius 2 is 2.26 bits per heavy atom. The number of carbonyl (C=O) groups is 2. The van der Waals surface area contributed by atoms with Crippen molar-refractivity contribution in [2.45, 2.75) is 25.6 Å². The van der Waals surface area contributed by atoms with Crippen LogP contribution in [0.2, 0.25) is 0 Å². The number of hydrogen-bond acceptors (Lipinski definition) is 6. The van der Waals surface area contributed by atoms with E-state index in [1.54, 1.807) is 0 Å². The highest BCUT2D eigenvalue weighted by molar-refractivity contribution is 8.13. The maximum atomic E-state index is 13.0. The number of aliphatic hydroxyl groups is 2. The summed E-state index contributed by atoms with van der Waals surface area (Å²) < 4.78 is 13.0. The number of carbonyl (C=O) groups excluding carboxylic acids is 2. The van der Waals surface area contributed by atoms with Crippen LogP contribution in [0, 0.1) is 5.82 Å². The van der Waals surface area contributed by atoms with Gasteiger partial charge < -0.3 is 10.2 Å². The Labute approximate surface area is 113 Å². The lowest BCUT2D eigenvalue weighted by Crippen LogP contribution is -2.20. The third-order valence-corrected chi connectivity index (χ3v) is 3.27. The van der Waals surface area contributed by atoms with E-state index in [4.69, 9.17) is 0 Å². The first-order valence-corrected chi connectivity index (χ1v) is 6.54. The van der Waals surface area contributed by atoms with Crippen LogP contribution in [0.25, 0.3) is 0 Å². The fourth-order valence-corrected chi connectivity index (χ4v) is 2.05. The minimum Gasteiger partial charge on any atom is -0.390 e. The number of aldehydes is 1. The molecular weight excluding hydrogens is 273 g/mol. The van der Waals surface area contributed by atoms with Gasteiger partial charge in [-0.3, -0.25) is 14.6 Å². The zero-order chi connectivity index (χ0) is 14.4. The maximum absolute atomic E-state index is 13.0. The van der Waals surface area contributed by atoms with Gasteiger partial charge in [-0.2, -0.15) is 0 Å². The molecule has 0 bridgehead atoms. The molecule has 0 saturated carbocycles. The number of nitrogens with zero attached hydrogens (tertiary/aromatic N) is 1. The number of aliphatic hydroxyl groups excluding tert-OH is 2. The fraction of sp³-hybridized carbons (Fsp3) is 0.417. The van der Waals surface area contributed by atoms with Gasteiger partial charge >= 0.3 is 0 Å². The van der Waals surface area contributed by atoms with Crippen molar-refractivity contribution in [3.05, 3.63) is 29.3 Å². The van der Waals surface area contributed by atoms with Gasteiger partial charge in [-0.05, 0) is 12.5 Å². The second-order valence-corrected chi connectivity index (χ2v) is 5.16. The van der Waals surface area contributed by atoms with E-state index >= 15 is 0 Å². The molecule has 2 N–H and O–H groups in total. The fourth-order valence-electron chi connectivity index (χ4n) is 1.40. The largest absolute Gasteiger partial charge is 0.390 e. The van der Waals surface area contributed by atoms with Gasteiger partial charge in [-0.15, -0.1) is 0 Å². The van der Waals surface area contributed by atoms with Crippen molar-refractivity contribution in [2.24, 2.45) is 0 Å². The van der Waals surface area contributed by atoms with Crippen LogP contribution < -0.4 is 0 Å². The van der Waals surface area contributed by atoms with E-state index in [9.17, 15) is 24.2 Å². The number of rotatable bonds is 6. The summed E-state index contributed by atoms with van der Waals surface area (Å²) in [5.41, 5.74) is -0.210. The summed E-state index contributed by atoms with van der Waals surface area (Å²) in [6.45, 7) is 1.41. The monoisotopic (exact) mass is 287 g/mol. The number of halogens is 1. The molecule has 0 spiro atoms. The Morgan fingerprint density at radius 3 is 2.84 bits per heavy atom. The Hall–Kier alpha value is -1.31. The van der Waals surface area contributed by atoms with Gasteiger partial charge in [0.05, 0.1) is 23.6 Å². The number of pyridine rings is 1. The Balaban J connectivity index is 2.68. The van der Waals surface area contributed by atoms with E-state index in [-0.39, 0.29) is 22.8 Å². The smallest absolute Gasteiger partial charge is 0.185 e. The van der Waals surface area contributed by atoms with Gasteiger partial charge in [0.1, 0.15) is 6.10 Å². The maximum Gasteiger partial charge on any atom is 0.185 e. The molecule has 0 amide bonds. The van der Waals surface area contributed by atoms with E-state index in [2.05, 4.69) is 4.98 Å². The molecule has 104 valence electrons. The number of hydrogen-bond donors (Lipinski definition) is 2. The molecule has 1 heterocycles. The van der Waals surface area contributed by atoms with Gasteiger partial charge in [0.15, 0.2) is 17.2 Å². The predicted molar refractivity (Wildman–Crippen MR) is 68.3 cm³/mol. The van der Waals surface area contributed by atoms with Crippen LogP contribution in [-0.4, -0.2) is 38.5 Å². The SMILES string of the molecule is CC(=O)SCCC(O)C(O)c1cc(C=O)c(F)cn1. The van der Waals surface area contributed by atoms with Crippen molar-refractivity contribution in [1.29, 1.82) is 0 Å². The zero-order valence-electron chi connectivity index (χ0n) is 10.2. The van der Waals surface area contributed by atoms with Crippen LogP contribution in [0.15, 0.2) is 12.3 Å². The zero-order valence-corrected chi connectivity index (χ0v) is 11.1. The van der Waals surface area contributed by atoms with Crippen molar-refractivity contribution < 1.29 is 24.2 Å². The van der Waals surface area contributed by atoms with Crippen molar-refractivity contribution in [1.82, 2.24) is 4.98 Å². The van der Waals surface area contributed by atoms with E-state index < -0.39 is 18.0 Å². The normalized spacial score (nSPS) is 13.9. The highest BCUT2D eigenvalue weighted by Gasteiger charge is 2.20. The molecule has 0 radical (unpaired) electrons. The van der Waals surface area contributed by atoms with Crippen molar-refractivity contribution in [3.63, 3.8) is 0 Å². The molecule has 0 aromatic carbocycles. The van der Waals surface area contributed by atoms with Crippen LogP contribution in [0.3, 0.4) is 0 Å². The molecule has 19 heavy (non-hydrogen) atoms. The lowest BCUT2D eigenvalue weighted by Gasteiger charge is -2.17. The van der Waals surface area contributed by atoms with Gasteiger partial charge in [-0.25, -0.2) is 4.39 Å². The second kappa shape index (κ2) is 7.32. The van der Waals surface area contributed by atoms with Crippen molar-refractivity contribution in [2.75, 3.05) is 5.75 Å². The summed E-state index contributed by atoms with van der Waals surface area (Å²) >= 11 is 1.04. The van der Waals surface area contributed by atoms with Crippen LogP contribution in [0.5, 0.6) is 0 Å². The van der Waals surface area contributed by atoms with E-state index in [0.29, 0.717) is 12.0 Å². The topological polar surface area (TPSA) is 87.5 Å². The van der Waals surface area contributed by atoms with Crippen LogP contribution >= 0.6 is 11.8 Å². The summed E-state index contributed by atoms with van der Waals surface area (Å²) in [7, 11) is 0. The molecule has 0 aliphatic carbocycles. The molecule has 7 heteroatoms. The third kappa shape index (κ3) is 4.70. The molecule has 1 aromatic rings. The lowest BCUT2D eigenvalue weighted by atomic mass is 10.1. The minimum atomic E-state index is -1.33. The quantitative estimate of drug-likeness (QED) is 0.762. The van der Waals surface area contributed by atoms with Crippen LogP contribution in [-0.2, 0) is 4.79 Å². The van der Waals surface area contributed by atoms with E-state index in [1.165, 1.54) is 6.92 Å². The Bertz CT molecular complexity index is 469. The van der Waals surface area contributed by atoms with Gasteiger partial charge in [-0.1, -0.05) is 11.8 Å². The minimum absolute atomic E-state index is 0.0174. The Morgan fingerprint density at radius 1 is 1.58 bits per heavy atom. The first-order valence-electron chi connectivity index (χ1n) is 5.55. The summed E-state index contributed by atoms with van der Waals surface area (Å²) in [6, 6.07) is 1.09. The molecule has 0 fully saturated rings. The molecule has 1 aromatic heterocycles. The van der Waals surface area contributed by atoms with Crippen LogP contribution in [0.4, 0.5) is 4.39 Å². The molecule has 2 unspecified atom stereocenters. The second-order valence-electron chi connectivity index (χ2n) is 3.89. The molecule has 5 nitrogen and oxygen atoms in total. The van der Waals surface area contributed by atoms with E-state index in [0.717, 1.165) is 24.0 Å². The molecule has 1 rings (SSSR count). The first kappa shape index (κ1) is 15.7. The average molecular weight is 287 g/mol. The van der Waals surface area contributed by atoms with Gasteiger partial charge in [0.2, 0.25) is 0 Å². The van der Waals surface area contributed by atoms with Crippen molar-refractivity contribution in [3.8, 4) is 0 Å². The van der Waals surface area contributed by atoms with Gasteiger partial charge in [0, 0.05) is 12.7 Å². The standard InChI is InChI=1S/C12H14FNO4S/c1-7(16)19-3-2-11(17)12(18)10-4-8(6-15)9(13)5-14-10/h4-6,11-12,17-18H,2-3H2,1H3. The molecule has 0 aliphatic rings. The summed E-state index contributed by atoms with van der Waals surface area (Å²) in [4.78, 5) is 24.9. The molecular formula is C12H14FNO4S. The summed E-state index contributed by atoms with van der Waals surface area (Å²) in [5.74, 6) is -0.428. The molecule has 0 aliphatic heterocycles. The van der Waals surface area contributed by atoms with Gasteiger partial charge in [0.25, 0.3) is 0 Å². The number of thioether (sulfide) groups is 1. The Kier molecular flexibility index (Phi) is 6.07. The highest BCUT2D eigenvalue weighted by atomic mass is 32.2. The average Bonchev–Trinajstić information content (AvgIpc) is 2.38. The summed E-state index contributed by atoms with van der Waals surface area (Å²) in [6.07, 6.45) is -1.15.